The summed E-state index contributed by atoms with van der Waals surface area (Å²) in [5.74, 6) is -0.103. The zero-order chi connectivity index (χ0) is 18.8. The summed E-state index contributed by atoms with van der Waals surface area (Å²) < 4.78 is 0. The Kier molecular flexibility index (Phi) is 5.03. The van der Waals surface area contributed by atoms with Crippen molar-refractivity contribution in [2.45, 2.75) is 52.1 Å². The van der Waals surface area contributed by atoms with E-state index >= 15 is 0 Å². The molecule has 1 atom stereocenters. The van der Waals surface area contributed by atoms with E-state index in [1.165, 1.54) is 0 Å². The largest absolute Gasteiger partial charge is 0.386 e. The fourth-order valence-electron chi connectivity index (χ4n) is 3.46. The molecule has 0 bridgehead atoms. The number of nitrogens with zero attached hydrogens (tertiary/aromatic N) is 2. The normalized spacial score (nSPS) is 22.7. The molecule has 0 unspecified atom stereocenters. The Labute approximate surface area is 154 Å². The van der Waals surface area contributed by atoms with E-state index in [1.54, 1.807) is 0 Å². The second-order valence-electron chi connectivity index (χ2n) is 8.47. The molecule has 1 aromatic carbocycles. The van der Waals surface area contributed by atoms with Crippen molar-refractivity contribution in [3.63, 3.8) is 0 Å². The first-order valence-corrected chi connectivity index (χ1v) is 9.16. The molecule has 1 fully saturated rings. The standard InChI is InChI=1S/C20H27N3O3/c1-19(2,3)13-17(24)23-11-7-10-20(14-23)12-16(22-26-20)18(25)21-15-8-5-4-6-9-15/h4-6,8-9H,7,10-14H2,1-3H3,(H,21,25)/t20-/m0/s1. The topological polar surface area (TPSA) is 71.0 Å². The number of oxime groups is 1. The molecule has 6 heteroatoms. The number of amides is 2. The molecular formula is C20H27N3O3. The highest BCUT2D eigenvalue weighted by Gasteiger charge is 2.45. The molecule has 140 valence electrons. The van der Waals surface area contributed by atoms with Crippen molar-refractivity contribution in [1.82, 2.24) is 4.90 Å². The Morgan fingerprint density at radius 3 is 2.69 bits per heavy atom. The minimum Gasteiger partial charge on any atom is -0.386 e. The summed E-state index contributed by atoms with van der Waals surface area (Å²) in [4.78, 5) is 32.6. The molecule has 0 aliphatic carbocycles. The maximum Gasteiger partial charge on any atom is 0.273 e. The number of hydrogen-bond donors (Lipinski definition) is 1. The van der Waals surface area contributed by atoms with Crippen molar-refractivity contribution in [2.75, 3.05) is 18.4 Å². The molecule has 0 saturated carbocycles. The first kappa shape index (κ1) is 18.4. The third-order valence-corrected chi connectivity index (χ3v) is 4.71. The summed E-state index contributed by atoms with van der Waals surface area (Å²) in [5, 5.41) is 6.88. The van der Waals surface area contributed by atoms with Crippen molar-refractivity contribution in [3.05, 3.63) is 30.3 Å². The molecule has 2 heterocycles. The predicted octanol–water partition coefficient (Wildman–Crippen LogP) is 3.20. The number of benzene rings is 1. The van der Waals surface area contributed by atoms with Gasteiger partial charge in [-0.05, 0) is 30.4 Å². The van der Waals surface area contributed by atoms with Crippen LogP contribution in [-0.2, 0) is 14.4 Å². The van der Waals surface area contributed by atoms with Gasteiger partial charge in [0.1, 0.15) is 5.71 Å². The molecule has 3 rings (SSSR count). The molecule has 0 aromatic heterocycles. The minimum atomic E-state index is -0.560. The highest BCUT2D eigenvalue weighted by molar-refractivity contribution is 6.43. The number of para-hydroxylation sites is 1. The van der Waals surface area contributed by atoms with Gasteiger partial charge >= 0.3 is 0 Å². The first-order chi connectivity index (χ1) is 12.3. The average Bonchev–Trinajstić information content (AvgIpc) is 2.98. The van der Waals surface area contributed by atoms with Crippen molar-refractivity contribution in [3.8, 4) is 0 Å². The number of anilines is 1. The van der Waals surface area contributed by atoms with Gasteiger partial charge in [-0.15, -0.1) is 0 Å². The maximum absolute atomic E-state index is 12.6. The number of piperidine rings is 1. The van der Waals surface area contributed by atoms with Gasteiger partial charge in [0, 0.05) is 25.1 Å². The molecule has 26 heavy (non-hydrogen) atoms. The van der Waals surface area contributed by atoms with Crippen LogP contribution in [0.2, 0.25) is 0 Å². The Hall–Kier alpha value is -2.37. The third-order valence-electron chi connectivity index (χ3n) is 4.71. The van der Waals surface area contributed by atoms with Crippen LogP contribution in [0, 0.1) is 5.41 Å². The van der Waals surface area contributed by atoms with Crippen LogP contribution in [0.15, 0.2) is 35.5 Å². The van der Waals surface area contributed by atoms with Crippen LogP contribution in [-0.4, -0.2) is 41.1 Å². The number of nitrogens with one attached hydrogen (secondary N) is 1. The van der Waals surface area contributed by atoms with Crippen LogP contribution < -0.4 is 5.32 Å². The highest BCUT2D eigenvalue weighted by atomic mass is 16.7. The van der Waals surface area contributed by atoms with Crippen molar-refractivity contribution >= 4 is 23.2 Å². The second kappa shape index (κ2) is 7.09. The average molecular weight is 357 g/mol. The third kappa shape index (κ3) is 4.42. The van der Waals surface area contributed by atoms with E-state index in [0.29, 0.717) is 25.1 Å². The molecule has 2 aliphatic rings. The molecule has 2 aliphatic heterocycles. The van der Waals surface area contributed by atoms with Crippen LogP contribution >= 0.6 is 0 Å². The van der Waals surface area contributed by atoms with Crippen LogP contribution in [0.1, 0.15) is 46.5 Å². The second-order valence-corrected chi connectivity index (χ2v) is 8.47. The molecule has 1 spiro atoms. The van der Waals surface area contributed by atoms with E-state index < -0.39 is 5.60 Å². The number of carbonyl (C=O) groups excluding carboxylic acids is 2. The number of likely N-dealkylation sites (tertiary alicyclic amines) is 1. The van der Waals surface area contributed by atoms with Gasteiger partial charge < -0.3 is 15.1 Å². The van der Waals surface area contributed by atoms with Crippen LogP contribution in [0.4, 0.5) is 5.69 Å². The lowest BCUT2D eigenvalue weighted by Gasteiger charge is -2.39. The minimum absolute atomic E-state index is 0.0462. The summed E-state index contributed by atoms with van der Waals surface area (Å²) in [7, 11) is 0. The van der Waals surface area contributed by atoms with Crippen LogP contribution in [0.3, 0.4) is 0 Å². The maximum atomic E-state index is 12.6. The molecule has 0 radical (unpaired) electrons. The summed E-state index contributed by atoms with van der Waals surface area (Å²) in [6.45, 7) is 7.42. The molecule has 1 N–H and O–H groups in total. The molecular weight excluding hydrogens is 330 g/mol. The SMILES string of the molecule is CC(C)(C)CC(=O)N1CCC[C@]2(CC(C(=O)Nc3ccccc3)=NO2)C1. The van der Waals surface area contributed by atoms with Crippen molar-refractivity contribution < 1.29 is 14.4 Å². The number of rotatable bonds is 3. The summed E-state index contributed by atoms with van der Waals surface area (Å²) in [6.07, 6.45) is 2.60. The fourth-order valence-corrected chi connectivity index (χ4v) is 3.46. The van der Waals surface area contributed by atoms with E-state index in [4.69, 9.17) is 4.84 Å². The Balaban J connectivity index is 1.60. The van der Waals surface area contributed by atoms with Gasteiger partial charge in [-0.3, -0.25) is 9.59 Å². The number of hydrogen-bond acceptors (Lipinski definition) is 4. The van der Waals surface area contributed by atoms with Gasteiger partial charge in [0.15, 0.2) is 5.60 Å². The van der Waals surface area contributed by atoms with Gasteiger partial charge in [-0.25, -0.2) is 0 Å². The molecule has 2 amide bonds. The zero-order valence-corrected chi connectivity index (χ0v) is 15.7. The Morgan fingerprint density at radius 2 is 2.00 bits per heavy atom. The van der Waals surface area contributed by atoms with Crippen molar-refractivity contribution in [1.29, 1.82) is 0 Å². The molecule has 1 saturated heterocycles. The van der Waals surface area contributed by atoms with E-state index in [0.717, 1.165) is 25.1 Å². The first-order valence-electron chi connectivity index (χ1n) is 9.16. The summed E-state index contributed by atoms with van der Waals surface area (Å²) in [6, 6.07) is 9.29. The predicted molar refractivity (Wildman–Crippen MR) is 101 cm³/mol. The lowest BCUT2D eigenvalue weighted by Crippen LogP contribution is -2.51. The lowest BCUT2D eigenvalue weighted by molar-refractivity contribution is -0.142. The monoisotopic (exact) mass is 357 g/mol. The number of carbonyl (C=O) groups is 2. The highest BCUT2D eigenvalue weighted by Crippen LogP contribution is 2.34. The lowest BCUT2D eigenvalue weighted by atomic mass is 9.86. The quantitative estimate of drug-likeness (QED) is 0.903. The summed E-state index contributed by atoms with van der Waals surface area (Å²) in [5.41, 5.74) is 0.510. The van der Waals surface area contributed by atoms with E-state index in [1.807, 2.05) is 35.2 Å². The van der Waals surface area contributed by atoms with Crippen LogP contribution in [0.25, 0.3) is 0 Å². The van der Waals surface area contributed by atoms with Gasteiger partial charge in [0.05, 0.1) is 6.54 Å². The van der Waals surface area contributed by atoms with Crippen molar-refractivity contribution in [2.24, 2.45) is 10.6 Å². The van der Waals surface area contributed by atoms with E-state index in [-0.39, 0.29) is 17.2 Å². The molecule has 1 aromatic rings. The Bertz CT molecular complexity index is 709. The van der Waals surface area contributed by atoms with E-state index in [9.17, 15) is 9.59 Å². The van der Waals surface area contributed by atoms with Crippen LogP contribution in [0.5, 0.6) is 0 Å². The van der Waals surface area contributed by atoms with Gasteiger partial charge in [0.25, 0.3) is 5.91 Å². The van der Waals surface area contributed by atoms with E-state index in [2.05, 4.69) is 31.2 Å². The molecule has 6 nitrogen and oxygen atoms in total. The zero-order valence-electron chi connectivity index (χ0n) is 15.7. The van der Waals surface area contributed by atoms with Gasteiger partial charge in [-0.2, -0.15) is 0 Å². The van der Waals surface area contributed by atoms with Gasteiger partial charge in [-0.1, -0.05) is 44.1 Å². The Morgan fingerprint density at radius 1 is 1.27 bits per heavy atom. The fraction of sp³-hybridized carbons (Fsp3) is 0.550. The van der Waals surface area contributed by atoms with Gasteiger partial charge in [0.2, 0.25) is 5.91 Å². The summed E-state index contributed by atoms with van der Waals surface area (Å²) >= 11 is 0. The smallest absolute Gasteiger partial charge is 0.273 e.